The first-order valence-corrected chi connectivity index (χ1v) is 6.19. The molecule has 1 saturated heterocycles. The van der Waals surface area contributed by atoms with Crippen molar-refractivity contribution in [3.63, 3.8) is 0 Å². The van der Waals surface area contributed by atoms with Crippen LogP contribution in [0.4, 0.5) is 0 Å². The topological polar surface area (TPSA) is 40.7 Å². The monoisotopic (exact) mass is 205 g/mol. The van der Waals surface area contributed by atoms with Crippen LogP contribution in [0.15, 0.2) is 6.20 Å². The fraction of sp³-hybridized carbons (Fsp3) is 0.750. The number of imidazole rings is 1. The second kappa shape index (κ2) is 3.97. The highest BCUT2D eigenvalue weighted by atomic mass is 14.9. The van der Waals surface area contributed by atoms with Gasteiger partial charge in [0.05, 0.1) is 0 Å². The maximum atomic E-state index is 4.56. The highest BCUT2D eigenvalue weighted by molar-refractivity contribution is 5.13. The van der Waals surface area contributed by atoms with Gasteiger partial charge in [0, 0.05) is 23.7 Å². The minimum atomic E-state index is 0.667. The summed E-state index contributed by atoms with van der Waals surface area (Å²) >= 11 is 0. The molecule has 1 saturated carbocycles. The van der Waals surface area contributed by atoms with Gasteiger partial charge in [-0.3, -0.25) is 0 Å². The molecule has 82 valence electrons. The molecule has 0 radical (unpaired) electrons. The number of nitrogens with one attached hydrogen (secondary N) is 2. The smallest absolute Gasteiger partial charge is 0.109 e. The van der Waals surface area contributed by atoms with E-state index in [1.807, 2.05) is 0 Å². The summed E-state index contributed by atoms with van der Waals surface area (Å²) in [5.74, 6) is 2.69. The second-order valence-corrected chi connectivity index (χ2v) is 4.88. The largest absolute Gasteiger partial charge is 0.345 e. The van der Waals surface area contributed by atoms with Gasteiger partial charge < -0.3 is 10.3 Å². The van der Waals surface area contributed by atoms with E-state index in [1.54, 1.807) is 0 Å². The number of hydrogen-bond donors (Lipinski definition) is 2. The Hall–Kier alpha value is -0.830. The number of hydrogen-bond acceptors (Lipinski definition) is 2. The molecule has 3 nitrogen and oxygen atoms in total. The average molecular weight is 205 g/mol. The molecule has 3 rings (SSSR count). The molecule has 2 fully saturated rings. The summed E-state index contributed by atoms with van der Waals surface area (Å²) in [6.07, 6.45) is 8.64. The van der Waals surface area contributed by atoms with Crippen molar-refractivity contribution in [2.45, 2.75) is 43.9 Å². The van der Waals surface area contributed by atoms with Crippen LogP contribution in [0.2, 0.25) is 0 Å². The van der Waals surface area contributed by atoms with Gasteiger partial charge in [-0.05, 0) is 38.8 Å². The van der Waals surface area contributed by atoms with Crippen molar-refractivity contribution in [3.05, 3.63) is 17.7 Å². The van der Waals surface area contributed by atoms with Crippen LogP contribution in [0.5, 0.6) is 0 Å². The summed E-state index contributed by atoms with van der Waals surface area (Å²) in [6, 6.07) is 0. The first-order chi connectivity index (χ1) is 7.43. The van der Waals surface area contributed by atoms with E-state index in [0.29, 0.717) is 5.92 Å². The summed E-state index contributed by atoms with van der Waals surface area (Å²) in [7, 11) is 0. The molecular formula is C12H19N3. The van der Waals surface area contributed by atoms with E-state index in [2.05, 4.69) is 21.5 Å². The average Bonchev–Trinajstić information content (AvgIpc) is 2.66. The minimum absolute atomic E-state index is 0.667. The summed E-state index contributed by atoms with van der Waals surface area (Å²) in [5.41, 5.74) is 1.38. The molecule has 0 aromatic carbocycles. The molecule has 1 aliphatic heterocycles. The third-order valence-electron chi connectivity index (χ3n) is 3.89. The molecule has 1 aromatic rings. The molecule has 0 unspecified atom stereocenters. The molecule has 2 heterocycles. The predicted molar refractivity (Wildman–Crippen MR) is 60.0 cm³/mol. The van der Waals surface area contributed by atoms with Crippen LogP contribution in [0, 0.1) is 0 Å². The molecule has 0 bridgehead atoms. The van der Waals surface area contributed by atoms with Gasteiger partial charge in [-0.25, -0.2) is 4.98 Å². The molecule has 0 spiro atoms. The number of piperidine rings is 1. The van der Waals surface area contributed by atoms with E-state index in [4.69, 9.17) is 0 Å². The number of aromatic nitrogens is 2. The van der Waals surface area contributed by atoms with Crippen molar-refractivity contribution in [3.8, 4) is 0 Å². The van der Waals surface area contributed by atoms with Gasteiger partial charge in [0.25, 0.3) is 0 Å². The van der Waals surface area contributed by atoms with Crippen LogP contribution >= 0.6 is 0 Å². The van der Waals surface area contributed by atoms with Gasteiger partial charge in [-0.15, -0.1) is 0 Å². The highest BCUT2D eigenvalue weighted by Crippen LogP contribution is 2.36. The first-order valence-electron chi connectivity index (χ1n) is 6.19. The molecular weight excluding hydrogens is 186 g/mol. The second-order valence-electron chi connectivity index (χ2n) is 4.88. The molecule has 2 aliphatic rings. The fourth-order valence-corrected chi connectivity index (χ4v) is 2.58. The van der Waals surface area contributed by atoms with Crippen LogP contribution in [-0.4, -0.2) is 23.1 Å². The van der Waals surface area contributed by atoms with Crippen LogP contribution in [0.3, 0.4) is 0 Å². The Bertz CT molecular complexity index is 321. The van der Waals surface area contributed by atoms with E-state index in [-0.39, 0.29) is 0 Å². The van der Waals surface area contributed by atoms with Gasteiger partial charge in [0.2, 0.25) is 0 Å². The lowest BCUT2D eigenvalue weighted by atomic mass is 9.83. The lowest BCUT2D eigenvalue weighted by molar-refractivity contribution is 0.409. The zero-order valence-electron chi connectivity index (χ0n) is 9.13. The van der Waals surface area contributed by atoms with Crippen LogP contribution < -0.4 is 5.32 Å². The van der Waals surface area contributed by atoms with Crippen molar-refractivity contribution in [2.24, 2.45) is 0 Å². The van der Waals surface area contributed by atoms with Gasteiger partial charge >= 0.3 is 0 Å². The lowest BCUT2D eigenvalue weighted by Gasteiger charge is -2.24. The van der Waals surface area contributed by atoms with Gasteiger partial charge in [0.15, 0.2) is 0 Å². The van der Waals surface area contributed by atoms with E-state index < -0.39 is 0 Å². The van der Waals surface area contributed by atoms with Gasteiger partial charge in [0.1, 0.15) is 5.82 Å². The molecule has 0 amide bonds. The molecule has 1 aliphatic carbocycles. The fourth-order valence-electron chi connectivity index (χ4n) is 2.58. The van der Waals surface area contributed by atoms with Crippen molar-refractivity contribution in [1.82, 2.24) is 15.3 Å². The van der Waals surface area contributed by atoms with E-state index in [9.17, 15) is 0 Å². The standard InChI is InChI=1S/C12H19N3/c1-2-9(3-1)11-8-14-12(15-11)10-4-6-13-7-5-10/h8-10,13H,1-7H2,(H,14,15). The first kappa shape index (κ1) is 9.40. The number of rotatable bonds is 2. The molecule has 0 atom stereocenters. The summed E-state index contributed by atoms with van der Waals surface area (Å²) < 4.78 is 0. The Labute approximate surface area is 90.7 Å². The minimum Gasteiger partial charge on any atom is -0.345 e. The van der Waals surface area contributed by atoms with E-state index in [1.165, 1.54) is 43.6 Å². The van der Waals surface area contributed by atoms with Crippen molar-refractivity contribution in [2.75, 3.05) is 13.1 Å². The Balaban J connectivity index is 1.71. The van der Waals surface area contributed by atoms with Crippen molar-refractivity contribution < 1.29 is 0 Å². The zero-order chi connectivity index (χ0) is 10.1. The SMILES string of the molecule is c1nc(C2CCNCC2)[nH]c1C1CCC1. The van der Waals surface area contributed by atoms with E-state index >= 15 is 0 Å². The van der Waals surface area contributed by atoms with Gasteiger partial charge in [-0.1, -0.05) is 6.42 Å². The molecule has 3 heteroatoms. The maximum Gasteiger partial charge on any atom is 0.109 e. The maximum absolute atomic E-state index is 4.56. The number of nitrogens with zero attached hydrogens (tertiary/aromatic N) is 1. The van der Waals surface area contributed by atoms with Crippen molar-refractivity contribution in [1.29, 1.82) is 0 Å². The highest BCUT2D eigenvalue weighted by Gasteiger charge is 2.23. The Morgan fingerprint density at radius 3 is 2.53 bits per heavy atom. The molecule has 15 heavy (non-hydrogen) atoms. The Morgan fingerprint density at radius 1 is 1.07 bits per heavy atom. The number of H-pyrrole nitrogens is 1. The van der Waals surface area contributed by atoms with Crippen LogP contribution in [-0.2, 0) is 0 Å². The third kappa shape index (κ3) is 1.81. The van der Waals surface area contributed by atoms with Crippen molar-refractivity contribution >= 4 is 0 Å². The van der Waals surface area contributed by atoms with E-state index in [0.717, 1.165) is 19.0 Å². The molecule has 2 N–H and O–H groups in total. The normalized spacial score (nSPS) is 24.0. The zero-order valence-corrected chi connectivity index (χ0v) is 9.13. The summed E-state index contributed by atoms with van der Waals surface area (Å²) in [5, 5.41) is 3.39. The summed E-state index contributed by atoms with van der Waals surface area (Å²) in [6.45, 7) is 2.29. The quantitative estimate of drug-likeness (QED) is 0.776. The van der Waals surface area contributed by atoms with Crippen LogP contribution in [0.25, 0.3) is 0 Å². The third-order valence-corrected chi connectivity index (χ3v) is 3.89. The van der Waals surface area contributed by atoms with Gasteiger partial charge in [-0.2, -0.15) is 0 Å². The Kier molecular flexibility index (Phi) is 2.49. The van der Waals surface area contributed by atoms with Crippen LogP contribution in [0.1, 0.15) is 55.5 Å². The Morgan fingerprint density at radius 2 is 1.87 bits per heavy atom. The molecule has 1 aromatic heterocycles. The number of aromatic amines is 1. The lowest BCUT2D eigenvalue weighted by Crippen LogP contribution is -2.27. The predicted octanol–water partition coefficient (Wildman–Crippen LogP) is 2.14. The summed E-state index contributed by atoms with van der Waals surface area (Å²) in [4.78, 5) is 8.11.